The number of unbranched alkanes of at least 4 members (excludes halogenated alkanes) is 10. The summed E-state index contributed by atoms with van der Waals surface area (Å²) < 4.78 is 4.99. The molecule has 0 aromatic carbocycles. The Morgan fingerprint density at radius 2 is 1.29 bits per heavy atom. The van der Waals surface area contributed by atoms with Crippen LogP contribution in [0.1, 0.15) is 104 Å². The average molecular weight is 300 g/mol. The smallest absolute Gasteiger partial charge is 0.308 e. The Kier molecular flexibility index (Phi) is 15.4. The Bertz CT molecular complexity index is 229. The van der Waals surface area contributed by atoms with Crippen LogP contribution in [0.2, 0.25) is 0 Å². The summed E-state index contributed by atoms with van der Waals surface area (Å²) in [4.78, 5) is 11.5. The fraction of sp³-hybridized carbons (Fsp3) is 0.944. The minimum atomic E-state index is -0.900. The van der Waals surface area contributed by atoms with Crippen LogP contribution in [0.15, 0.2) is 0 Å². The highest BCUT2D eigenvalue weighted by atomic mass is 16.6. The van der Waals surface area contributed by atoms with Gasteiger partial charge in [-0.3, -0.25) is 4.79 Å². The fourth-order valence-corrected chi connectivity index (χ4v) is 2.42. The number of aliphatic hydroxyl groups is 1. The number of carbonyl (C=O) groups excluding carboxylic acids is 1. The molecule has 1 unspecified atom stereocenters. The average Bonchev–Trinajstić information content (AvgIpc) is 2.45. The zero-order valence-corrected chi connectivity index (χ0v) is 14.2. The number of hydrogen-bond acceptors (Lipinski definition) is 3. The first-order chi connectivity index (χ1) is 10.2. The molecule has 0 saturated carbocycles. The lowest BCUT2D eigenvalue weighted by molar-refractivity contribution is -0.168. The van der Waals surface area contributed by atoms with Crippen molar-refractivity contribution in [1.29, 1.82) is 0 Å². The lowest BCUT2D eigenvalue weighted by atomic mass is 10.1. The maximum absolute atomic E-state index is 11.5. The van der Waals surface area contributed by atoms with E-state index in [1.807, 2.05) is 0 Å². The molecule has 0 aromatic heterocycles. The molecule has 0 aliphatic carbocycles. The van der Waals surface area contributed by atoms with Gasteiger partial charge in [-0.05, 0) is 12.8 Å². The van der Waals surface area contributed by atoms with E-state index in [0.717, 1.165) is 32.1 Å². The van der Waals surface area contributed by atoms with E-state index in [2.05, 4.69) is 13.8 Å². The van der Waals surface area contributed by atoms with Crippen molar-refractivity contribution < 1.29 is 14.6 Å². The van der Waals surface area contributed by atoms with Crippen LogP contribution in [-0.2, 0) is 9.53 Å². The first kappa shape index (κ1) is 20.4. The van der Waals surface area contributed by atoms with Gasteiger partial charge in [0.25, 0.3) is 0 Å². The molecule has 0 aliphatic heterocycles. The number of carbonyl (C=O) groups is 1. The molecule has 0 bridgehead atoms. The van der Waals surface area contributed by atoms with Crippen molar-refractivity contribution in [2.75, 3.05) is 0 Å². The van der Waals surface area contributed by atoms with Crippen LogP contribution in [0.3, 0.4) is 0 Å². The zero-order chi connectivity index (χ0) is 15.8. The van der Waals surface area contributed by atoms with Crippen LogP contribution in [0, 0.1) is 0 Å². The normalized spacial score (nSPS) is 12.3. The minimum Gasteiger partial charge on any atom is -0.436 e. The Morgan fingerprint density at radius 3 is 1.86 bits per heavy atom. The van der Waals surface area contributed by atoms with Crippen molar-refractivity contribution in [2.24, 2.45) is 0 Å². The molecule has 0 fully saturated rings. The largest absolute Gasteiger partial charge is 0.436 e. The molecule has 1 N–H and O–H groups in total. The van der Waals surface area contributed by atoms with E-state index in [1.54, 1.807) is 0 Å². The fourth-order valence-electron chi connectivity index (χ4n) is 2.42. The van der Waals surface area contributed by atoms with E-state index in [0.29, 0.717) is 12.8 Å². The molecule has 0 aliphatic rings. The van der Waals surface area contributed by atoms with Gasteiger partial charge < -0.3 is 9.84 Å². The second kappa shape index (κ2) is 15.8. The van der Waals surface area contributed by atoms with Crippen LogP contribution in [-0.4, -0.2) is 17.4 Å². The highest BCUT2D eigenvalue weighted by molar-refractivity contribution is 5.69. The van der Waals surface area contributed by atoms with Crippen LogP contribution >= 0.6 is 0 Å². The van der Waals surface area contributed by atoms with Crippen molar-refractivity contribution >= 4 is 5.97 Å². The molecule has 21 heavy (non-hydrogen) atoms. The Labute approximate surface area is 131 Å². The summed E-state index contributed by atoms with van der Waals surface area (Å²) in [6.07, 6.45) is 14.4. The van der Waals surface area contributed by atoms with Gasteiger partial charge in [-0.25, -0.2) is 0 Å². The molecule has 0 amide bonds. The topological polar surface area (TPSA) is 46.5 Å². The highest BCUT2D eigenvalue weighted by Gasteiger charge is 2.10. The van der Waals surface area contributed by atoms with Gasteiger partial charge in [0.15, 0.2) is 0 Å². The number of aliphatic hydroxyl groups excluding tert-OH is 1. The second-order valence-corrected chi connectivity index (χ2v) is 6.02. The van der Waals surface area contributed by atoms with Crippen LogP contribution in [0.25, 0.3) is 0 Å². The van der Waals surface area contributed by atoms with Gasteiger partial charge >= 0.3 is 5.97 Å². The molecular formula is C18H36O3. The predicted octanol–water partition coefficient (Wildman–Crippen LogP) is 5.35. The summed E-state index contributed by atoms with van der Waals surface area (Å²) in [6.45, 7) is 4.35. The molecule has 0 radical (unpaired) electrons. The SMILES string of the molecule is CCCCCCCCCCCC(=O)OC(O)CCCCC. The van der Waals surface area contributed by atoms with E-state index in [1.165, 1.54) is 44.9 Å². The van der Waals surface area contributed by atoms with Crippen LogP contribution < -0.4 is 0 Å². The third-order valence-corrected chi connectivity index (χ3v) is 3.81. The van der Waals surface area contributed by atoms with Gasteiger partial charge in [0.1, 0.15) is 0 Å². The Hall–Kier alpha value is -0.570. The van der Waals surface area contributed by atoms with Gasteiger partial charge in [-0.15, -0.1) is 0 Å². The quantitative estimate of drug-likeness (QED) is 0.252. The molecule has 3 nitrogen and oxygen atoms in total. The van der Waals surface area contributed by atoms with E-state index in [4.69, 9.17) is 4.74 Å². The monoisotopic (exact) mass is 300 g/mol. The van der Waals surface area contributed by atoms with E-state index < -0.39 is 6.29 Å². The molecular weight excluding hydrogens is 264 g/mol. The molecule has 3 heteroatoms. The molecule has 0 saturated heterocycles. The third-order valence-electron chi connectivity index (χ3n) is 3.81. The summed E-state index contributed by atoms with van der Waals surface area (Å²) in [7, 11) is 0. The highest BCUT2D eigenvalue weighted by Crippen LogP contribution is 2.11. The van der Waals surface area contributed by atoms with Gasteiger partial charge in [0, 0.05) is 12.8 Å². The van der Waals surface area contributed by atoms with E-state index in [9.17, 15) is 9.90 Å². The van der Waals surface area contributed by atoms with Crippen LogP contribution in [0.4, 0.5) is 0 Å². The van der Waals surface area contributed by atoms with Crippen molar-refractivity contribution in [3.63, 3.8) is 0 Å². The van der Waals surface area contributed by atoms with Crippen LogP contribution in [0.5, 0.6) is 0 Å². The Morgan fingerprint density at radius 1 is 0.810 bits per heavy atom. The van der Waals surface area contributed by atoms with Gasteiger partial charge in [0.2, 0.25) is 6.29 Å². The summed E-state index contributed by atoms with van der Waals surface area (Å²) in [5, 5.41) is 9.55. The van der Waals surface area contributed by atoms with Gasteiger partial charge in [-0.2, -0.15) is 0 Å². The molecule has 0 aromatic rings. The standard InChI is InChI=1S/C18H36O3/c1-3-5-7-8-9-10-11-12-14-16-18(20)21-17(19)15-13-6-4-2/h17,19H,3-16H2,1-2H3. The van der Waals surface area contributed by atoms with E-state index in [-0.39, 0.29) is 5.97 Å². The maximum Gasteiger partial charge on any atom is 0.308 e. The van der Waals surface area contributed by atoms with Gasteiger partial charge in [-0.1, -0.05) is 78.1 Å². The first-order valence-electron chi connectivity index (χ1n) is 9.08. The lowest BCUT2D eigenvalue weighted by Crippen LogP contribution is -2.17. The number of ether oxygens (including phenoxy) is 1. The van der Waals surface area contributed by atoms with Crippen molar-refractivity contribution in [3.8, 4) is 0 Å². The number of hydrogen-bond donors (Lipinski definition) is 1. The predicted molar refractivity (Wildman–Crippen MR) is 88.1 cm³/mol. The summed E-state index contributed by atoms with van der Waals surface area (Å²) in [5.41, 5.74) is 0. The Balaban J connectivity index is 3.29. The van der Waals surface area contributed by atoms with Crippen molar-refractivity contribution in [1.82, 2.24) is 0 Å². The molecule has 0 rings (SSSR count). The summed E-state index contributed by atoms with van der Waals surface area (Å²) in [5.74, 6) is -0.248. The maximum atomic E-state index is 11.5. The lowest BCUT2D eigenvalue weighted by Gasteiger charge is -2.11. The molecule has 0 spiro atoms. The second-order valence-electron chi connectivity index (χ2n) is 6.02. The molecule has 1 atom stereocenters. The van der Waals surface area contributed by atoms with Crippen molar-refractivity contribution in [2.45, 2.75) is 110 Å². The number of rotatable bonds is 15. The molecule has 0 heterocycles. The summed E-state index contributed by atoms with van der Waals surface area (Å²) in [6, 6.07) is 0. The third kappa shape index (κ3) is 15.6. The number of esters is 1. The minimum absolute atomic E-state index is 0.248. The zero-order valence-electron chi connectivity index (χ0n) is 14.2. The van der Waals surface area contributed by atoms with Crippen molar-refractivity contribution in [3.05, 3.63) is 0 Å². The first-order valence-corrected chi connectivity index (χ1v) is 9.08. The van der Waals surface area contributed by atoms with Gasteiger partial charge in [0.05, 0.1) is 0 Å². The molecule has 126 valence electrons. The van der Waals surface area contributed by atoms with E-state index >= 15 is 0 Å². The summed E-state index contributed by atoms with van der Waals surface area (Å²) >= 11 is 0.